The van der Waals surface area contributed by atoms with Gasteiger partial charge in [0.15, 0.2) is 5.56 Å². The number of halogens is 1. The van der Waals surface area contributed by atoms with Crippen LogP contribution < -0.4 is 0 Å². The number of benzene rings is 3. The Morgan fingerprint density at radius 3 is 1.64 bits per heavy atom. The summed E-state index contributed by atoms with van der Waals surface area (Å²) in [6, 6.07) is 29.6. The molecule has 1 saturated heterocycles. The third kappa shape index (κ3) is 6.87. The van der Waals surface area contributed by atoms with Crippen LogP contribution in [0.15, 0.2) is 91.0 Å². The molecule has 0 saturated carbocycles. The van der Waals surface area contributed by atoms with Crippen molar-refractivity contribution < 1.29 is 24.1 Å². The van der Waals surface area contributed by atoms with Crippen LogP contribution >= 0.6 is 11.6 Å². The van der Waals surface area contributed by atoms with Crippen LogP contribution in [0, 0.1) is 0 Å². The van der Waals surface area contributed by atoms with Crippen molar-refractivity contribution in [3.63, 3.8) is 0 Å². The van der Waals surface area contributed by atoms with Gasteiger partial charge in [-0.05, 0) is 16.7 Å². The highest BCUT2D eigenvalue weighted by atomic mass is 35.5. The van der Waals surface area contributed by atoms with Crippen LogP contribution in [0.5, 0.6) is 0 Å². The fraction of sp³-hybridized carbons (Fsp3) is 0.333. The first-order chi connectivity index (χ1) is 16.2. The topological polar surface area (TPSA) is 57.2 Å². The second-order valence-electron chi connectivity index (χ2n) is 8.04. The zero-order valence-corrected chi connectivity index (χ0v) is 19.1. The van der Waals surface area contributed by atoms with Gasteiger partial charge in [-0.25, -0.2) is 0 Å². The van der Waals surface area contributed by atoms with E-state index in [1.165, 1.54) is 0 Å². The Morgan fingerprint density at radius 2 is 1.12 bits per heavy atom. The minimum atomic E-state index is -1.04. The Kier molecular flexibility index (Phi) is 8.89. The molecule has 4 rings (SSSR count). The van der Waals surface area contributed by atoms with Gasteiger partial charge >= 0.3 is 0 Å². The summed E-state index contributed by atoms with van der Waals surface area (Å²) in [6.45, 7) is 1.39. The number of alkyl halides is 1. The van der Waals surface area contributed by atoms with Crippen LogP contribution in [-0.4, -0.2) is 41.7 Å². The third-order valence-corrected chi connectivity index (χ3v) is 5.93. The lowest BCUT2D eigenvalue weighted by Crippen LogP contribution is -2.59. The lowest BCUT2D eigenvalue weighted by molar-refractivity contribution is -0.244. The van der Waals surface area contributed by atoms with Gasteiger partial charge in [-0.2, -0.15) is 0 Å². The Morgan fingerprint density at radius 1 is 0.667 bits per heavy atom. The number of hydrogen-bond donors (Lipinski definition) is 1. The number of aliphatic hydroxyl groups excluding tert-OH is 1. The van der Waals surface area contributed by atoms with Gasteiger partial charge in [-0.3, -0.25) is 0 Å². The van der Waals surface area contributed by atoms with Gasteiger partial charge in [0.2, 0.25) is 0 Å². The molecule has 3 aromatic carbocycles. The lowest BCUT2D eigenvalue weighted by atomic mass is 9.99. The Bertz CT molecular complexity index is 941. The van der Waals surface area contributed by atoms with E-state index >= 15 is 0 Å². The highest BCUT2D eigenvalue weighted by molar-refractivity contribution is 6.20. The van der Waals surface area contributed by atoms with Crippen LogP contribution in [0.25, 0.3) is 0 Å². The quantitative estimate of drug-likeness (QED) is 0.437. The van der Waals surface area contributed by atoms with Gasteiger partial charge < -0.3 is 24.1 Å². The largest absolute Gasteiger partial charge is 0.386 e. The summed E-state index contributed by atoms with van der Waals surface area (Å²) >= 11 is 6.35. The van der Waals surface area contributed by atoms with Gasteiger partial charge in [-0.1, -0.05) is 103 Å². The smallest absolute Gasteiger partial charge is 0.160 e. The molecule has 0 aliphatic carbocycles. The van der Waals surface area contributed by atoms with E-state index in [4.69, 9.17) is 30.5 Å². The molecule has 1 fully saturated rings. The molecule has 3 aromatic rings. The molecule has 0 amide bonds. The average Bonchev–Trinajstić information content (AvgIpc) is 2.86. The highest BCUT2D eigenvalue weighted by Gasteiger charge is 2.46. The monoisotopic (exact) mass is 468 g/mol. The Hall–Kier alpha value is -2.25. The molecule has 5 atom stereocenters. The number of hydrogen-bond acceptors (Lipinski definition) is 5. The molecule has 0 spiro atoms. The van der Waals surface area contributed by atoms with Crippen LogP contribution in [0.2, 0.25) is 0 Å². The number of rotatable bonds is 10. The van der Waals surface area contributed by atoms with Crippen molar-refractivity contribution in [1.82, 2.24) is 0 Å². The number of ether oxygens (including phenoxy) is 4. The van der Waals surface area contributed by atoms with Crippen molar-refractivity contribution in [2.45, 2.75) is 49.8 Å². The summed E-state index contributed by atoms with van der Waals surface area (Å²) in [4.78, 5) is 0. The SMILES string of the molecule is OC1C(Cl)OC(COCc2ccccc2)C(OCc2ccccc2)C1OCc1ccccc1. The van der Waals surface area contributed by atoms with Gasteiger partial charge in [-0.15, -0.1) is 0 Å². The van der Waals surface area contributed by atoms with Crippen molar-refractivity contribution >= 4 is 11.6 Å². The van der Waals surface area contributed by atoms with Gasteiger partial charge in [0, 0.05) is 0 Å². The van der Waals surface area contributed by atoms with E-state index < -0.39 is 30.0 Å². The van der Waals surface area contributed by atoms with Gasteiger partial charge in [0.05, 0.1) is 26.4 Å². The predicted molar refractivity (Wildman–Crippen MR) is 127 cm³/mol. The highest BCUT2D eigenvalue weighted by Crippen LogP contribution is 2.30. The van der Waals surface area contributed by atoms with Gasteiger partial charge in [0.1, 0.15) is 24.4 Å². The molecule has 0 radical (unpaired) electrons. The molecular formula is C27H29ClO5. The van der Waals surface area contributed by atoms with Crippen molar-refractivity contribution in [2.24, 2.45) is 0 Å². The van der Waals surface area contributed by atoms with Crippen LogP contribution in [0.3, 0.4) is 0 Å². The zero-order valence-electron chi connectivity index (χ0n) is 18.3. The molecule has 1 aliphatic rings. The first-order valence-corrected chi connectivity index (χ1v) is 11.5. The first-order valence-electron chi connectivity index (χ1n) is 11.1. The molecule has 0 aromatic heterocycles. The molecule has 1 aliphatic heterocycles. The number of aliphatic hydroxyl groups is 1. The second-order valence-corrected chi connectivity index (χ2v) is 8.47. The molecule has 6 heteroatoms. The van der Waals surface area contributed by atoms with Crippen LogP contribution in [0.1, 0.15) is 16.7 Å². The molecule has 5 nitrogen and oxygen atoms in total. The summed E-state index contributed by atoms with van der Waals surface area (Å²) in [5.41, 5.74) is 2.16. The van der Waals surface area contributed by atoms with Crippen molar-refractivity contribution in [2.75, 3.05) is 6.61 Å². The Balaban J connectivity index is 1.46. The maximum Gasteiger partial charge on any atom is 0.160 e. The molecule has 33 heavy (non-hydrogen) atoms. The second kappa shape index (κ2) is 12.3. The van der Waals surface area contributed by atoms with E-state index in [-0.39, 0.29) is 6.61 Å². The van der Waals surface area contributed by atoms with E-state index in [9.17, 15) is 5.11 Å². The molecule has 174 valence electrons. The summed E-state index contributed by atoms with van der Waals surface area (Å²) in [7, 11) is 0. The van der Waals surface area contributed by atoms with E-state index in [1.807, 2.05) is 91.0 Å². The third-order valence-electron chi connectivity index (χ3n) is 5.56. The summed E-state index contributed by atoms with van der Waals surface area (Å²) in [6.07, 6.45) is -2.77. The van der Waals surface area contributed by atoms with E-state index in [0.717, 1.165) is 16.7 Å². The fourth-order valence-corrected chi connectivity index (χ4v) is 4.09. The van der Waals surface area contributed by atoms with E-state index in [1.54, 1.807) is 0 Å². The standard InChI is InChI=1S/C27H29ClO5/c28-27-24(29)26(32-18-22-14-8-3-9-15-22)25(31-17-21-12-6-2-7-13-21)23(33-27)19-30-16-20-10-4-1-5-11-20/h1-15,23-27,29H,16-19H2. The lowest BCUT2D eigenvalue weighted by Gasteiger charge is -2.42. The summed E-state index contributed by atoms with van der Waals surface area (Å²) in [5.74, 6) is 0. The molecule has 5 unspecified atom stereocenters. The molecular weight excluding hydrogens is 440 g/mol. The summed E-state index contributed by atoms with van der Waals surface area (Å²) in [5, 5.41) is 10.8. The van der Waals surface area contributed by atoms with E-state index in [2.05, 4.69) is 0 Å². The maximum absolute atomic E-state index is 10.8. The van der Waals surface area contributed by atoms with E-state index in [0.29, 0.717) is 19.8 Å². The van der Waals surface area contributed by atoms with Crippen molar-refractivity contribution in [1.29, 1.82) is 0 Å². The molecule has 1 heterocycles. The normalized spacial score (nSPS) is 25.1. The minimum Gasteiger partial charge on any atom is -0.386 e. The average molecular weight is 469 g/mol. The van der Waals surface area contributed by atoms with Crippen molar-refractivity contribution in [3.05, 3.63) is 108 Å². The summed E-state index contributed by atoms with van der Waals surface area (Å²) < 4.78 is 24.2. The molecule has 1 N–H and O–H groups in total. The van der Waals surface area contributed by atoms with Crippen molar-refractivity contribution in [3.8, 4) is 0 Å². The molecule has 0 bridgehead atoms. The zero-order chi connectivity index (χ0) is 22.9. The maximum atomic E-state index is 10.8. The fourth-order valence-electron chi connectivity index (χ4n) is 3.81. The van der Waals surface area contributed by atoms with Crippen LogP contribution in [0.4, 0.5) is 0 Å². The predicted octanol–water partition coefficient (Wildman–Crippen LogP) is 4.70. The Labute approximate surface area is 199 Å². The first kappa shape index (κ1) is 23.9. The van der Waals surface area contributed by atoms with Crippen LogP contribution in [-0.2, 0) is 38.8 Å². The van der Waals surface area contributed by atoms with Gasteiger partial charge in [0.25, 0.3) is 0 Å². The minimum absolute atomic E-state index is 0.259.